The zero-order chi connectivity index (χ0) is 10.1. The average molecular weight is 181 g/mol. The molecule has 2 N–H and O–H groups in total. The fourth-order valence-corrected chi connectivity index (χ4v) is 1.14. The number of hydrogen-bond donors (Lipinski definition) is 1. The molecule has 0 saturated heterocycles. The van der Waals surface area contributed by atoms with Crippen molar-refractivity contribution in [3.63, 3.8) is 0 Å². The standard InChI is InChI=1S/C11H16FN/c1-8(13)11(2,3)9-4-6-10(12)7-5-9/h4-8H,13H2,1-3H3/t8-/m1/s1. The third-order valence-electron chi connectivity index (χ3n) is 2.73. The molecule has 0 spiro atoms. The number of benzene rings is 1. The van der Waals surface area contributed by atoms with Crippen LogP contribution in [0.5, 0.6) is 0 Å². The van der Waals surface area contributed by atoms with E-state index < -0.39 is 0 Å². The van der Waals surface area contributed by atoms with Gasteiger partial charge in [0.15, 0.2) is 0 Å². The van der Waals surface area contributed by atoms with Crippen molar-refractivity contribution in [1.29, 1.82) is 0 Å². The van der Waals surface area contributed by atoms with Crippen LogP contribution in [0.2, 0.25) is 0 Å². The Morgan fingerprint density at radius 3 is 2.08 bits per heavy atom. The van der Waals surface area contributed by atoms with E-state index in [0.717, 1.165) is 5.56 Å². The highest BCUT2D eigenvalue weighted by Gasteiger charge is 2.24. The molecule has 0 radical (unpaired) electrons. The minimum Gasteiger partial charge on any atom is -0.327 e. The first kappa shape index (κ1) is 10.2. The van der Waals surface area contributed by atoms with Gasteiger partial charge in [0.05, 0.1) is 0 Å². The van der Waals surface area contributed by atoms with Crippen LogP contribution >= 0.6 is 0 Å². The quantitative estimate of drug-likeness (QED) is 0.745. The van der Waals surface area contributed by atoms with Crippen LogP contribution in [-0.4, -0.2) is 6.04 Å². The van der Waals surface area contributed by atoms with E-state index in [9.17, 15) is 4.39 Å². The summed E-state index contributed by atoms with van der Waals surface area (Å²) >= 11 is 0. The zero-order valence-electron chi connectivity index (χ0n) is 8.34. The molecule has 13 heavy (non-hydrogen) atoms. The topological polar surface area (TPSA) is 26.0 Å². The predicted octanol–water partition coefficient (Wildman–Crippen LogP) is 2.45. The normalized spacial score (nSPS) is 14.2. The number of rotatable bonds is 2. The minimum absolute atomic E-state index is 0.0537. The Hall–Kier alpha value is -0.890. The van der Waals surface area contributed by atoms with Gasteiger partial charge in [-0.05, 0) is 24.6 Å². The van der Waals surface area contributed by atoms with Crippen LogP contribution in [0.15, 0.2) is 24.3 Å². The van der Waals surface area contributed by atoms with Gasteiger partial charge in [0.2, 0.25) is 0 Å². The third kappa shape index (κ3) is 2.07. The zero-order valence-corrected chi connectivity index (χ0v) is 8.34. The van der Waals surface area contributed by atoms with Crippen molar-refractivity contribution in [2.75, 3.05) is 0 Å². The van der Waals surface area contributed by atoms with Gasteiger partial charge in [-0.1, -0.05) is 26.0 Å². The van der Waals surface area contributed by atoms with E-state index >= 15 is 0 Å². The van der Waals surface area contributed by atoms with Gasteiger partial charge in [-0.3, -0.25) is 0 Å². The molecular formula is C11H16FN. The molecular weight excluding hydrogens is 165 g/mol. The van der Waals surface area contributed by atoms with Gasteiger partial charge in [0.25, 0.3) is 0 Å². The molecule has 1 atom stereocenters. The van der Waals surface area contributed by atoms with E-state index in [0.29, 0.717) is 0 Å². The highest BCUT2D eigenvalue weighted by Crippen LogP contribution is 2.25. The molecule has 0 aliphatic carbocycles. The molecule has 1 aromatic rings. The van der Waals surface area contributed by atoms with E-state index in [1.54, 1.807) is 12.1 Å². The number of nitrogens with two attached hydrogens (primary N) is 1. The molecule has 0 aliphatic heterocycles. The Kier molecular flexibility index (Phi) is 2.71. The lowest BCUT2D eigenvalue weighted by Gasteiger charge is -2.29. The van der Waals surface area contributed by atoms with Crippen molar-refractivity contribution >= 4 is 0 Å². The molecule has 1 aromatic carbocycles. The Labute approximate surface area is 78.8 Å². The SMILES string of the molecule is C[C@@H](N)C(C)(C)c1ccc(F)cc1. The lowest BCUT2D eigenvalue weighted by molar-refractivity contribution is 0.433. The lowest BCUT2D eigenvalue weighted by Crippen LogP contribution is -2.38. The van der Waals surface area contributed by atoms with Crippen molar-refractivity contribution in [2.45, 2.75) is 32.2 Å². The maximum absolute atomic E-state index is 12.6. The maximum atomic E-state index is 12.6. The third-order valence-corrected chi connectivity index (χ3v) is 2.73. The van der Waals surface area contributed by atoms with Gasteiger partial charge in [-0.25, -0.2) is 4.39 Å². The Morgan fingerprint density at radius 1 is 1.23 bits per heavy atom. The van der Waals surface area contributed by atoms with Gasteiger partial charge in [-0.15, -0.1) is 0 Å². The predicted molar refractivity (Wildman–Crippen MR) is 53.1 cm³/mol. The summed E-state index contributed by atoms with van der Waals surface area (Å²) in [4.78, 5) is 0. The van der Waals surface area contributed by atoms with Gasteiger partial charge in [-0.2, -0.15) is 0 Å². The molecule has 0 aromatic heterocycles. The van der Waals surface area contributed by atoms with Crippen LogP contribution in [0, 0.1) is 5.82 Å². The molecule has 0 saturated carbocycles. The molecule has 0 fully saturated rings. The Bertz CT molecular complexity index is 275. The maximum Gasteiger partial charge on any atom is 0.123 e. The van der Waals surface area contributed by atoms with Crippen LogP contribution in [0.1, 0.15) is 26.3 Å². The molecule has 0 amide bonds. The highest BCUT2D eigenvalue weighted by molar-refractivity contribution is 5.25. The summed E-state index contributed by atoms with van der Waals surface area (Å²) in [7, 11) is 0. The molecule has 0 aliphatic rings. The molecule has 72 valence electrons. The van der Waals surface area contributed by atoms with Crippen LogP contribution < -0.4 is 5.73 Å². The van der Waals surface area contributed by atoms with Gasteiger partial charge in [0.1, 0.15) is 5.82 Å². The van der Waals surface area contributed by atoms with E-state index in [-0.39, 0.29) is 17.3 Å². The van der Waals surface area contributed by atoms with Crippen molar-refractivity contribution in [3.05, 3.63) is 35.6 Å². The molecule has 0 bridgehead atoms. The Balaban J connectivity index is 3.01. The highest BCUT2D eigenvalue weighted by atomic mass is 19.1. The van der Waals surface area contributed by atoms with Gasteiger partial charge < -0.3 is 5.73 Å². The van der Waals surface area contributed by atoms with Gasteiger partial charge >= 0.3 is 0 Å². The van der Waals surface area contributed by atoms with E-state index in [4.69, 9.17) is 5.73 Å². The summed E-state index contributed by atoms with van der Waals surface area (Å²) in [5.74, 6) is -0.204. The average Bonchev–Trinajstić information content (AvgIpc) is 2.04. The number of halogens is 1. The Morgan fingerprint density at radius 2 is 1.69 bits per heavy atom. The summed E-state index contributed by atoms with van der Waals surface area (Å²) in [5.41, 5.74) is 6.82. The summed E-state index contributed by atoms with van der Waals surface area (Å²) in [5, 5.41) is 0. The van der Waals surface area contributed by atoms with Crippen molar-refractivity contribution < 1.29 is 4.39 Å². The van der Waals surface area contributed by atoms with E-state index in [1.807, 2.05) is 6.92 Å². The lowest BCUT2D eigenvalue weighted by atomic mass is 9.79. The summed E-state index contributed by atoms with van der Waals surface area (Å²) in [6.45, 7) is 6.08. The first-order valence-electron chi connectivity index (χ1n) is 4.46. The molecule has 0 heterocycles. The largest absolute Gasteiger partial charge is 0.327 e. The monoisotopic (exact) mass is 181 g/mol. The smallest absolute Gasteiger partial charge is 0.123 e. The minimum atomic E-state index is -0.204. The van der Waals surface area contributed by atoms with Crippen LogP contribution in [0.3, 0.4) is 0 Å². The van der Waals surface area contributed by atoms with Crippen molar-refractivity contribution in [3.8, 4) is 0 Å². The molecule has 0 unspecified atom stereocenters. The summed E-state index contributed by atoms with van der Waals surface area (Å²) in [6.07, 6.45) is 0. The molecule has 2 heteroatoms. The van der Waals surface area contributed by atoms with Crippen molar-refractivity contribution in [2.24, 2.45) is 5.73 Å². The van der Waals surface area contributed by atoms with Gasteiger partial charge in [0, 0.05) is 11.5 Å². The van der Waals surface area contributed by atoms with E-state index in [2.05, 4.69) is 13.8 Å². The van der Waals surface area contributed by atoms with E-state index in [1.165, 1.54) is 12.1 Å². The second-order valence-corrected chi connectivity index (χ2v) is 4.02. The number of hydrogen-bond acceptors (Lipinski definition) is 1. The summed E-state index contributed by atoms with van der Waals surface area (Å²) < 4.78 is 12.6. The first-order chi connectivity index (χ1) is 5.94. The van der Waals surface area contributed by atoms with Crippen molar-refractivity contribution in [1.82, 2.24) is 0 Å². The first-order valence-corrected chi connectivity index (χ1v) is 4.46. The second-order valence-electron chi connectivity index (χ2n) is 4.02. The molecule has 1 nitrogen and oxygen atoms in total. The fourth-order valence-electron chi connectivity index (χ4n) is 1.14. The summed E-state index contributed by atoms with van der Waals surface area (Å²) in [6, 6.07) is 6.58. The molecule has 1 rings (SSSR count). The van der Waals surface area contributed by atoms with Crippen LogP contribution in [0.25, 0.3) is 0 Å². The van der Waals surface area contributed by atoms with Crippen LogP contribution in [0.4, 0.5) is 4.39 Å². The second kappa shape index (κ2) is 3.46. The van der Waals surface area contributed by atoms with Crippen LogP contribution in [-0.2, 0) is 5.41 Å². The fraction of sp³-hybridized carbons (Fsp3) is 0.455.